The average molecular weight is 284 g/mol. The number of amides is 1. The van der Waals surface area contributed by atoms with Crippen molar-refractivity contribution in [2.45, 2.75) is 13.0 Å². The molecule has 0 fully saturated rings. The molecule has 1 amide bonds. The van der Waals surface area contributed by atoms with Crippen LogP contribution in [0.5, 0.6) is 5.75 Å². The molecular weight excluding hydrogens is 264 g/mol. The maximum Gasteiger partial charge on any atom is 0.227 e. The van der Waals surface area contributed by atoms with Crippen LogP contribution >= 0.6 is 0 Å². The van der Waals surface area contributed by atoms with Crippen molar-refractivity contribution >= 4 is 11.6 Å². The van der Waals surface area contributed by atoms with E-state index < -0.39 is 0 Å². The third-order valence-electron chi connectivity index (χ3n) is 2.96. The Hall–Kier alpha value is -2.33. The zero-order chi connectivity index (χ0) is 14.9. The highest BCUT2D eigenvalue weighted by atomic mass is 16.5. The third-order valence-corrected chi connectivity index (χ3v) is 2.96. The molecule has 2 aromatic rings. The van der Waals surface area contributed by atoms with E-state index in [1.165, 1.54) is 5.56 Å². The van der Waals surface area contributed by atoms with Crippen LogP contribution in [0, 0.1) is 0 Å². The van der Waals surface area contributed by atoms with Crippen LogP contribution in [0.4, 0.5) is 5.69 Å². The summed E-state index contributed by atoms with van der Waals surface area (Å²) in [6.45, 7) is 1.20. The summed E-state index contributed by atoms with van der Waals surface area (Å²) in [4.78, 5) is 11.7. The molecule has 21 heavy (non-hydrogen) atoms. The lowest BCUT2D eigenvalue weighted by Crippen LogP contribution is -2.15. The Morgan fingerprint density at radius 2 is 1.76 bits per heavy atom. The standard InChI is InChI=1S/C17H20N2O2/c1-18-13-14-7-9-16(10-8-14)21-12-11-17(20)19-15-5-3-2-4-6-15/h2-10,18H,11-13H2,1H3,(H,19,20). The molecule has 2 N–H and O–H groups in total. The Labute approximate surface area is 125 Å². The van der Waals surface area contributed by atoms with E-state index in [0.717, 1.165) is 18.0 Å². The molecule has 0 saturated carbocycles. The molecule has 0 heterocycles. The number of ether oxygens (including phenoxy) is 1. The van der Waals surface area contributed by atoms with Gasteiger partial charge >= 0.3 is 0 Å². The molecule has 4 nitrogen and oxygen atoms in total. The maximum atomic E-state index is 11.7. The van der Waals surface area contributed by atoms with Crippen LogP contribution in [-0.4, -0.2) is 19.6 Å². The highest BCUT2D eigenvalue weighted by molar-refractivity contribution is 5.90. The van der Waals surface area contributed by atoms with Crippen molar-refractivity contribution in [3.63, 3.8) is 0 Å². The van der Waals surface area contributed by atoms with Gasteiger partial charge in [-0.15, -0.1) is 0 Å². The molecule has 0 aliphatic heterocycles. The molecule has 4 heteroatoms. The summed E-state index contributed by atoms with van der Waals surface area (Å²) in [7, 11) is 1.91. The SMILES string of the molecule is CNCc1ccc(OCCC(=O)Nc2ccccc2)cc1. The second kappa shape index (κ2) is 8.07. The van der Waals surface area contributed by atoms with Gasteiger partial charge in [-0.2, -0.15) is 0 Å². The molecule has 0 radical (unpaired) electrons. The van der Waals surface area contributed by atoms with Crippen molar-refractivity contribution < 1.29 is 9.53 Å². The minimum absolute atomic E-state index is 0.0481. The summed E-state index contributed by atoms with van der Waals surface area (Å²) >= 11 is 0. The van der Waals surface area contributed by atoms with Gasteiger partial charge in [-0.1, -0.05) is 30.3 Å². The molecular formula is C17H20N2O2. The van der Waals surface area contributed by atoms with Gasteiger partial charge < -0.3 is 15.4 Å². The Kier molecular flexibility index (Phi) is 5.79. The van der Waals surface area contributed by atoms with Crippen LogP contribution in [0.25, 0.3) is 0 Å². The molecule has 2 rings (SSSR count). The van der Waals surface area contributed by atoms with Crippen LogP contribution in [0.1, 0.15) is 12.0 Å². The molecule has 110 valence electrons. The summed E-state index contributed by atoms with van der Waals surface area (Å²) < 4.78 is 5.57. The normalized spacial score (nSPS) is 10.1. The zero-order valence-electron chi connectivity index (χ0n) is 12.1. The lowest BCUT2D eigenvalue weighted by atomic mass is 10.2. The number of nitrogens with one attached hydrogen (secondary N) is 2. The lowest BCUT2D eigenvalue weighted by molar-refractivity contribution is -0.116. The summed E-state index contributed by atoms with van der Waals surface area (Å²) in [6.07, 6.45) is 0.327. The molecule has 0 atom stereocenters. The van der Waals surface area contributed by atoms with Crippen molar-refractivity contribution in [3.05, 3.63) is 60.2 Å². The smallest absolute Gasteiger partial charge is 0.227 e. The molecule has 0 aliphatic rings. The largest absolute Gasteiger partial charge is 0.493 e. The fraction of sp³-hybridized carbons (Fsp3) is 0.235. The van der Waals surface area contributed by atoms with Crippen LogP contribution in [0.2, 0.25) is 0 Å². The lowest BCUT2D eigenvalue weighted by Gasteiger charge is -2.08. The number of para-hydroxylation sites is 1. The highest BCUT2D eigenvalue weighted by Gasteiger charge is 2.02. The summed E-state index contributed by atoms with van der Waals surface area (Å²) in [5, 5.41) is 5.92. The van der Waals surface area contributed by atoms with Gasteiger partial charge in [0.1, 0.15) is 5.75 Å². The fourth-order valence-corrected chi connectivity index (χ4v) is 1.91. The zero-order valence-corrected chi connectivity index (χ0v) is 12.1. The van der Waals surface area contributed by atoms with E-state index in [1.54, 1.807) is 0 Å². The minimum Gasteiger partial charge on any atom is -0.493 e. The average Bonchev–Trinajstić information content (AvgIpc) is 2.50. The number of hydrogen-bond acceptors (Lipinski definition) is 3. The molecule has 0 aromatic heterocycles. The van der Waals surface area contributed by atoms with Gasteiger partial charge in [0.25, 0.3) is 0 Å². The highest BCUT2D eigenvalue weighted by Crippen LogP contribution is 2.12. The summed E-state index contributed by atoms with van der Waals surface area (Å²) in [5.74, 6) is 0.732. The Morgan fingerprint density at radius 1 is 1.05 bits per heavy atom. The number of benzene rings is 2. The van der Waals surface area contributed by atoms with Gasteiger partial charge in [-0.05, 0) is 36.9 Å². The predicted molar refractivity (Wildman–Crippen MR) is 84.4 cm³/mol. The monoisotopic (exact) mass is 284 g/mol. The van der Waals surface area contributed by atoms with Crippen LogP contribution in [-0.2, 0) is 11.3 Å². The van der Waals surface area contributed by atoms with Crippen LogP contribution in [0.15, 0.2) is 54.6 Å². The van der Waals surface area contributed by atoms with Gasteiger partial charge in [-0.25, -0.2) is 0 Å². The predicted octanol–water partition coefficient (Wildman–Crippen LogP) is 2.81. The van der Waals surface area contributed by atoms with Gasteiger partial charge in [0.05, 0.1) is 13.0 Å². The number of hydrogen-bond donors (Lipinski definition) is 2. The quantitative estimate of drug-likeness (QED) is 0.822. The van der Waals surface area contributed by atoms with Crippen molar-refractivity contribution in [1.29, 1.82) is 0 Å². The number of carbonyl (C=O) groups excluding carboxylic acids is 1. The number of carbonyl (C=O) groups is 1. The molecule has 2 aromatic carbocycles. The first-order valence-corrected chi connectivity index (χ1v) is 6.99. The molecule has 0 saturated heterocycles. The van der Waals surface area contributed by atoms with E-state index in [0.29, 0.717) is 13.0 Å². The van der Waals surface area contributed by atoms with Gasteiger partial charge in [0, 0.05) is 12.2 Å². The van der Waals surface area contributed by atoms with E-state index in [2.05, 4.69) is 10.6 Å². The Morgan fingerprint density at radius 3 is 2.43 bits per heavy atom. The van der Waals surface area contributed by atoms with Gasteiger partial charge in [0.15, 0.2) is 0 Å². The third kappa shape index (κ3) is 5.28. The maximum absolute atomic E-state index is 11.7. The van der Waals surface area contributed by atoms with E-state index in [1.807, 2.05) is 61.6 Å². The van der Waals surface area contributed by atoms with E-state index in [-0.39, 0.29) is 5.91 Å². The first kappa shape index (κ1) is 15.1. The van der Waals surface area contributed by atoms with E-state index >= 15 is 0 Å². The first-order valence-electron chi connectivity index (χ1n) is 6.99. The summed E-state index contributed by atoms with van der Waals surface area (Å²) in [6, 6.07) is 17.3. The van der Waals surface area contributed by atoms with Crippen molar-refractivity contribution in [1.82, 2.24) is 5.32 Å². The fourth-order valence-electron chi connectivity index (χ4n) is 1.91. The van der Waals surface area contributed by atoms with Crippen molar-refractivity contribution in [2.75, 3.05) is 19.0 Å². The first-order chi connectivity index (χ1) is 10.3. The number of anilines is 1. The summed E-state index contributed by atoms with van der Waals surface area (Å²) in [5.41, 5.74) is 2.01. The number of rotatable bonds is 7. The van der Waals surface area contributed by atoms with Crippen LogP contribution in [0.3, 0.4) is 0 Å². The van der Waals surface area contributed by atoms with E-state index in [4.69, 9.17) is 4.74 Å². The van der Waals surface area contributed by atoms with Crippen LogP contribution < -0.4 is 15.4 Å². The molecule has 0 bridgehead atoms. The second-order valence-corrected chi connectivity index (χ2v) is 4.69. The van der Waals surface area contributed by atoms with Crippen molar-refractivity contribution in [2.24, 2.45) is 0 Å². The van der Waals surface area contributed by atoms with Gasteiger partial charge in [0.2, 0.25) is 5.91 Å². The second-order valence-electron chi connectivity index (χ2n) is 4.69. The Bertz CT molecular complexity index is 553. The molecule has 0 spiro atoms. The topological polar surface area (TPSA) is 50.4 Å². The van der Waals surface area contributed by atoms with Crippen molar-refractivity contribution in [3.8, 4) is 5.75 Å². The molecule has 0 aliphatic carbocycles. The minimum atomic E-state index is -0.0481. The Balaban J connectivity index is 1.72. The van der Waals surface area contributed by atoms with E-state index in [9.17, 15) is 4.79 Å². The molecule has 0 unspecified atom stereocenters. The van der Waals surface area contributed by atoms with Gasteiger partial charge in [-0.3, -0.25) is 4.79 Å².